The lowest BCUT2D eigenvalue weighted by molar-refractivity contribution is 0.0526. The van der Waals surface area contributed by atoms with Crippen molar-refractivity contribution in [2.45, 2.75) is 57.5 Å². The molecule has 0 aromatic heterocycles. The van der Waals surface area contributed by atoms with Gasteiger partial charge >= 0.3 is 5.97 Å². The van der Waals surface area contributed by atoms with Gasteiger partial charge in [-0.1, -0.05) is 13.8 Å². The molecule has 0 heterocycles. The van der Waals surface area contributed by atoms with Crippen LogP contribution >= 0.6 is 0 Å². The Labute approximate surface area is 138 Å². The Balaban J connectivity index is 2.29. The van der Waals surface area contributed by atoms with Gasteiger partial charge in [0.25, 0.3) is 0 Å². The second-order valence-corrected chi connectivity index (χ2v) is 8.14. The number of hydrogen-bond acceptors (Lipinski definition) is 4. The largest absolute Gasteiger partial charge is 0.462 e. The van der Waals surface area contributed by atoms with Gasteiger partial charge in [0.15, 0.2) is 0 Å². The Morgan fingerprint density at radius 2 is 1.78 bits per heavy atom. The first kappa shape index (κ1) is 17.9. The summed E-state index contributed by atoms with van der Waals surface area (Å²) in [4.78, 5) is 11.9. The highest BCUT2D eigenvalue weighted by molar-refractivity contribution is 7.89. The maximum atomic E-state index is 13.0. The summed E-state index contributed by atoms with van der Waals surface area (Å²) >= 11 is 0. The second-order valence-electron chi connectivity index (χ2n) is 6.30. The highest BCUT2D eigenvalue weighted by Crippen LogP contribution is 2.35. The van der Waals surface area contributed by atoms with Gasteiger partial charge in [0, 0.05) is 12.1 Å². The van der Waals surface area contributed by atoms with Crippen molar-refractivity contribution in [3.8, 4) is 0 Å². The SMILES string of the molecule is CCOC(=O)c1ccc(S(=O)(=O)N(C2CC2)C(C)C(C)C)cc1. The number of esters is 1. The van der Waals surface area contributed by atoms with E-state index in [0.717, 1.165) is 12.8 Å². The van der Waals surface area contributed by atoms with Crippen LogP contribution < -0.4 is 0 Å². The minimum Gasteiger partial charge on any atom is -0.462 e. The van der Waals surface area contributed by atoms with E-state index in [2.05, 4.69) is 0 Å². The van der Waals surface area contributed by atoms with Gasteiger partial charge in [-0.25, -0.2) is 13.2 Å². The molecule has 0 N–H and O–H groups in total. The molecule has 0 saturated heterocycles. The molecule has 1 aliphatic carbocycles. The lowest BCUT2D eigenvalue weighted by Crippen LogP contribution is -2.42. The molecule has 0 radical (unpaired) electrons. The van der Waals surface area contributed by atoms with Crippen molar-refractivity contribution in [1.29, 1.82) is 0 Å². The molecule has 1 atom stereocenters. The zero-order valence-electron chi connectivity index (χ0n) is 14.2. The fourth-order valence-corrected chi connectivity index (χ4v) is 4.48. The molecular formula is C17H25NO4S. The van der Waals surface area contributed by atoms with Gasteiger partial charge in [-0.15, -0.1) is 0 Å². The van der Waals surface area contributed by atoms with Crippen molar-refractivity contribution in [3.05, 3.63) is 29.8 Å². The van der Waals surface area contributed by atoms with Crippen LogP contribution in [0.5, 0.6) is 0 Å². The number of rotatable bonds is 7. The van der Waals surface area contributed by atoms with Crippen LogP contribution in [-0.2, 0) is 14.8 Å². The van der Waals surface area contributed by atoms with Crippen molar-refractivity contribution in [2.24, 2.45) is 5.92 Å². The Hall–Kier alpha value is -1.40. The predicted molar refractivity (Wildman–Crippen MR) is 88.7 cm³/mol. The highest BCUT2D eigenvalue weighted by atomic mass is 32.2. The van der Waals surface area contributed by atoms with E-state index in [1.54, 1.807) is 11.2 Å². The summed E-state index contributed by atoms with van der Waals surface area (Å²) in [5, 5.41) is 0. The van der Waals surface area contributed by atoms with Gasteiger partial charge < -0.3 is 4.74 Å². The van der Waals surface area contributed by atoms with Crippen LogP contribution in [0.1, 0.15) is 50.9 Å². The molecule has 1 aliphatic rings. The molecule has 1 aromatic rings. The monoisotopic (exact) mass is 339 g/mol. The number of nitrogens with zero attached hydrogens (tertiary/aromatic N) is 1. The lowest BCUT2D eigenvalue weighted by Gasteiger charge is -2.31. The van der Waals surface area contributed by atoms with Crippen LogP contribution in [0.25, 0.3) is 0 Å². The number of benzene rings is 1. The fraction of sp³-hybridized carbons (Fsp3) is 0.588. The van der Waals surface area contributed by atoms with Gasteiger partial charge in [0.2, 0.25) is 10.0 Å². The number of carbonyl (C=O) groups is 1. The van der Waals surface area contributed by atoms with Crippen LogP contribution in [0.4, 0.5) is 0 Å². The average molecular weight is 339 g/mol. The molecule has 23 heavy (non-hydrogen) atoms. The molecule has 0 amide bonds. The van der Waals surface area contributed by atoms with E-state index in [-0.39, 0.29) is 22.9 Å². The van der Waals surface area contributed by atoms with Crippen LogP contribution in [0.3, 0.4) is 0 Å². The van der Waals surface area contributed by atoms with E-state index < -0.39 is 16.0 Å². The summed E-state index contributed by atoms with van der Waals surface area (Å²) in [6.07, 6.45) is 1.83. The third kappa shape index (κ3) is 3.93. The molecule has 0 spiro atoms. The zero-order chi connectivity index (χ0) is 17.2. The molecule has 0 bridgehead atoms. The first-order chi connectivity index (χ1) is 10.8. The summed E-state index contributed by atoms with van der Waals surface area (Å²) in [5.74, 6) is -0.199. The minimum atomic E-state index is -3.56. The molecule has 2 rings (SSSR count). The van der Waals surface area contributed by atoms with Gasteiger partial charge in [0.05, 0.1) is 17.1 Å². The maximum Gasteiger partial charge on any atom is 0.338 e. The van der Waals surface area contributed by atoms with E-state index in [1.165, 1.54) is 24.3 Å². The van der Waals surface area contributed by atoms with Crippen molar-refractivity contribution < 1.29 is 17.9 Å². The van der Waals surface area contributed by atoms with E-state index >= 15 is 0 Å². The highest BCUT2D eigenvalue weighted by Gasteiger charge is 2.41. The summed E-state index contributed by atoms with van der Waals surface area (Å²) in [5.41, 5.74) is 0.362. The van der Waals surface area contributed by atoms with Crippen molar-refractivity contribution in [2.75, 3.05) is 6.61 Å². The van der Waals surface area contributed by atoms with Crippen molar-refractivity contribution >= 4 is 16.0 Å². The maximum absolute atomic E-state index is 13.0. The van der Waals surface area contributed by atoms with Gasteiger partial charge in [-0.05, 0) is 56.9 Å². The Morgan fingerprint density at radius 1 is 1.22 bits per heavy atom. The van der Waals surface area contributed by atoms with Gasteiger partial charge in [-0.2, -0.15) is 4.31 Å². The Bertz CT molecular complexity index is 648. The quantitative estimate of drug-likeness (QED) is 0.716. The van der Waals surface area contributed by atoms with Crippen LogP contribution in [0.2, 0.25) is 0 Å². The second kappa shape index (κ2) is 7.01. The summed E-state index contributed by atoms with van der Waals surface area (Å²) in [6, 6.07) is 6.04. The smallest absolute Gasteiger partial charge is 0.338 e. The number of carbonyl (C=O) groups excluding carboxylic acids is 1. The van der Waals surface area contributed by atoms with E-state index in [1.807, 2.05) is 20.8 Å². The van der Waals surface area contributed by atoms with Gasteiger partial charge in [-0.3, -0.25) is 0 Å². The van der Waals surface area contributed by atoms with Crippen LogP contribution in [0, 0.1) is 5.92 Å². The molecule has 1 saturated carbocycles. The first-order valence-corrected chi connectivity index (χ1v) is 9.53. The molecule has 0 aliphatic heterocycles. The van der Waals surface area contributed by atoms with E-state index in [9.17, 15) is 13.2 Å². The zero-order valence-corrected chi connectivity index (χ0v) is 15.0. The van der Waals surface area contributed by atoms with Crippen molar-refractivity contribution in [3.63, 3.8) is 0 Å². The minimum absolute atomic E-state index is 0.0581. The average Bonchev–Trinajstić information content (AvgIpc) is 3.32. The third-order valence-electron chi connectivity index (χ3n) is 4.21. The Morgan fingerprint density at radius 3 is 2.22 bits per heavy atom. The van der Waals surface area contributed by atoms with E-state index in [4.69, 9.17) is 4.74 Å². The molecule has 128 valence electrons. The predicted octanol–water partition coefficient (Wildman–Crippen LogP) is 3.06. The van der Waals surface area contributed by atoms with Crippen molar-refractivity contribution in [1.82, 2.24) is 4.31 Å². The van der Waals surface area contributed by atoms with Gasteiger partial charge in [0.1, 0.15) is 0 Å². The molecule has 1 unspecified atom stereocenters. The normalized spacial score (nSPS) is 16.6. The van der Waals surface area contributed by atoms with Crippen LogP contribution in [-0.4, -0.2) is 37.4 Å². The Kier molecular flexibility index (Phi) is 5.47. The fourth-order valence-electron chi connectivity index (χ4n) is 2.47. The number of sulfonamides is 1. The lowest BCUT2D eigenvalue weighted by atomic mass is 10.1. The third-order valence-corrected chi connectivity index (χ3v) is 6.27. The number of ether oxygens (including phenoxy) is 1. The summed E-state index contributed by atoms with van der Waals surface area (Å²) < 4.78 is 32.5. The topological polar surface area (TPSA) is 63.7 Å². The van der Waals surface area contributed by atoms with E-state index in [0.29, 0.717) is 12.2 Å². The standard InChI is InChI=1S/C17H25NO4S/c1-5-22-17(19)14-6-10-16(11-7-14)23(20,21)18(15-8-9-15)13(4)12(2)3/h6-7,10-13,15H,5,8-9H2,1-4H3. The summed E-state index contributed by atoms with van der Waals surface area (Å²) in [6.45, 7) is 8.03. The number of hydrogen-bond donors (Lipinski definition) is 0. The summed E-state index contributed by atoms with van der Waals surface area (Å²) in [7, 11) is -3.56. The molecule has 6 heteroatoms. The molecule has 1 fully saturated rings. The van der Waals surface area contributed by atoms with Crippen LogP contribution in [0.15, 0.2) is 29.2 Å². The first-order valence-electron chi connectivity index (χ1n) is 8.09. The molecular weight excluding hydrogens is 314 g/mol. The molecule has 5 nitrogen and oxygen atoms in total. The molecule has 1 aromatic carbocycles.